The molecule has 0 radical (unpaired) electrons. The van der Waals surface area contributed by atoms with Crippen LogP contribution < -0.4 is 11.5 Å². The summed E-state index contributed by atoms with van der Waals surface area (Å²) in [6, 6.07) is 8.70. The van der Waals surface area contributed by atoms with Crippen LogP contribution in [0.2, 0.25) is 5.02 Å². The molecule has 0 fully saturated rings. The van der Waals surface area contributed by atoms with E-state index in [-0.39, 0.29) is 0 Å². The standard InChI is InChI=1S/C13H12ClN3OS/c14-11-5-8(13(16)18)1-2-9(11)7-19-12-4-3-10(15)6-17-12/h1-6H,7,15H2,(H2,16,18). The van der Waals surface area contributed by atoms with Crippen molar-refractivity contribution in [2.75, 3.05) is 5.73 Å². The minimum absolute atomic E-state index is 0.407. The van der Waals surface area contributed by atoms with Crippen molar-refractivity contribution in [1.29, 1.82) is 0 Å². The third-order valence-electron chi connectivity index (χ3n) is 2.47. The number of hydrogen-bond acceptors (Lipinski definition) is 4. The van der Waals surface area contributed by atoms with Crippen LogP contribution in [-0.2, 0) is 5.75 Å². The molecule has 0 aliphatic heterocycles. The first-order valence-electron chi connectivity index (χ1n) is 5.49. The molecule has 98 valence electrons. The van der Waals surface area contributed by atoms with E-state index in [0.717, 1.165) is 10.6 Å². The maximum absolute atomic E-state index is 11.0. The number of nitrogens with two attached hydrogens (primary N) is 2. The van der Waals surface area contributed by atoms with Gasteiger partial charge in [0.25, 0.3) is 0 Å². The van der Waals surface area contributed by atoms with Crippen LogP contribution in [0.15, 0.2) is 41.6 Å². The molecule has 6 heteroatoms. The second kappa shape index (κ2) is 5.95. The van der Waals surface area contributed by atoms with E-state index in [1.807, 2.05) is 6.07 Å². The van der Waals surface area contributed by atoms with E-state index >= 15 is 0 Å². The molecule has 1 aromatic carbocycles. The summed E-state index contributed by atoms with van der Waals surface area (Å²) < 4.78 is 0. The summed E-state index contributed by atoms with van der Waals surface area (Å²) >= 11 is 7.65. The molecule has 0 atom stereocenters. The highest BCUT2D eigenvalue weighted by Gasteiger charge is 2.06. The van der Waals surface area contributed by atoms with E-state index in [4.69, 9.17) is 23.1 Å². The first-order chi connectivity index (χ1) is 9.06. The Morgan fingerprint density at radius 3 is 2.68 bits per heavy atom. The molecule has 1 aromatic heterocycles. The van der Waals surface area contributed by atoms with Crippen molar-refractivity contribution in [3.8, 4) is 0 Å². The minimum Gasteiger partial charge on any atom is -0.397 e. The molecule has 19 heavy (non-hydrogen) atoms. The Balaban J connectivity index is 2.07. The first kappa shape index (κ1) is 13.7. The predicted molar refractivity (Wildman–Crippen MR) is 78.2 cm³/mol. The minimum atomic E-state index is -0.485. The average molecular weight is 294 g/mol. The van der Waals surface area contributed by atoms with Gasteiger partial charge in [-0.3, -0.25) is 4.79 Å². The average Bonchev–Trinajstić information content (AvgIpc) is 2.39. The Kier molecular flexibility index (Phi) is 4.29. The summed E-state index contributed by atoms with van der Waals surface area (Å²) in [6.45, 7) is 0. The highest BCUT2D eigenvalue weighted by molar-refractivity contribution is 7.98. The van der Waals surface area contributed by atoms with Gasteiger partial charge < -0.3 is 11.5 Å². The molecule has 1 amide bonds. The molecular weight excluding hydrogens is 282 g/mol. The second-order valence-corrected chi connectivity index (χ2v) is 5.29. The van der Waals surface area contributed by atoms with Crippen LogP contribution in [0.3, 0.4) is 0 Å². The number of amides is 1. The maximum atomic E-state index is 11.0. The van der Waals surface area contributed by atoms with Crippen LogP contribution in [0.4, 0.5) is 5.69 Å². The van der Waals surface area contributed by atoms with Crippen molar-refractivity contribution >= 4 is 35.0 Å². The normalized spacial score (nSPS) is 10.4. The van der Waals surface area contributed by atoms with Gasteiger partial charge in [0.2, 0.25) is 5.91 Å². The largest absolute Gasteiger partial charge is 0.397 e. The number of hydrogen-bond donors (Lipinski definition) is 2. The van der Waals surface area contributed by atoms with E-state index in [9.17, 15) is 4.79 Å². The number of aromatic nitrogens is 1. The zero-order chi connectivity index (χ0) is 13.8. The molecular formula is C13H12ClN3OS. The molecule has 0 saturated heterocycles. The van der Waals surface area contributed by atoms with Crippen molar-refractivity contribution in [3.63, 3.8) is 0 Å². The number of pyridine rings is 1. The zero-order valence-electron chi connectivity index (χ0n) is 9.97. The molecule has 0 aliphatic carbocycles. The highest BCUT2D eigenvalue weighted by atomic mass is 35.5. The van der Waals surface area contributed by atoms with Crippen molar-refractivity contribution in [1.82, 2.24) is 4.98 Å². The van der Waals surface area contributed by atoms with Crippen LogP contribution in [0.1, 0.15) is 15.9 Å². The monoisotopic (exact) mass is 293 g/mol. The number of carbonyl (C=O) groups excluding carboxylic acids is 1. The highest BCUT2D eigenvalue weighted by Crippen LogP contribution is 2.26. The quantitative estimate of drug-likeness (QED) is 0.849. The number of nitrogen functional groups attached to an aromatic ring is 1. The lowest BCUT2D eigenvalue weighted by Crippen LogP contribution is -2.10. The van der Waals surface area contributed by atoms with Gasteiger partial charge in [-0.1, -0.05) is 17.7 Å². The Labute approximate surface area is 120 Å². The molecule has 0 bridgehead atoms. The lowest BCUT2D eigenvalue weighted by atomic mass is 10.1. The van der Waals surface area contributed by atoms with Crippen molar-refractivity contribution in [2.24, 2.45) is 5.73 Å². The number of anilines is 1. The Hall–Kier alpha value is -1.72. The number of carbonyl (C=O) groups is 1. The van der Waals surface area contributed by atoms with Gasteiger partial charge in [-0.15, -0.1) is 11.8 Å². The molecule has 4 N–H and O–H groups in total. The summed E-state index contributed by atoms with van der Waals surface area (Å²) in [5.41, 5.74) is 12.7. The van der Waals surface area contributed by atoms with Crippen molar-refractivity contribution in [3.05, 3.63) is 52.7 Å². The van der Waals surface area contributed by atoms with Gasteiger partial charge in [0.1, 0.15) is 0 Å². The van der Waals surface area contributed by atoms with Crippen LogP contribution >= 0.6 is 23.4 Å². The Bertz CT molecular complexity index is 601. The molecule has 0 unspecified atom stereocenters. The fourth-order valence-corrected chi connectivity index (χ4v) is 2.62. The van der Waals surface area contributed by atoms with E-state index < -0.39 is 5.91 Å². The smallest absolute Gasteiger partial charge is 0.248 e. The van der Waals surface area contributed by atoms with Gasteiger partial charge in [0, 0.05) is 16.3 Å². The van der Waals surface area contributed by atoms with Gasteiger partial charge in [-0.25, -0.2) is 4.98 Å². The van der Waals surface area contributed by atoms with Gasteiger partial charge in [-0.05, 0) is 29.8 Å². The first-order valence-corrected chi connectivity index (χ1v) is 6.85. The fourth-order valence-electron chi connectivity index (χ4n) is 1.45. The lowest BCUT2D eigenvalue weighted by Gasteiger charge is -2.05. The summed E-state index contributed by atoms with van der Waals surface area (Å²) in [7, 11) is 0. The van der Waals surface area contributed by atoms with Gasteiger partial charge in [0.05, 0.1) is 16.9 Å². The summed E-state index contributed by atoms with van der Waals surface area (Å²) in [4.78, 5) is 15.2. The van der Waals surface area contributed by atoms with Crippen LogP contribution in [0.25, 0.3) is 0 Å². The second-order valence-electron chi connectivity index (χ2n) is 3.89. The van der Waals surface area contributed by atoms with E-state index in [2.05, 4.69) is 4.98 Å². The number of nitrogens with zero attached hydrogens (tertiary/aromatic N) is 1. The maximum Gasteiger partial charge on any atom is 0.248 e. The fraction of sp³-hybridized carbons (Fsp3) is 0.0769. The van der Waals surface area contributed by atoms with Crippen molar-refractivity contribution in [2.45, 2.75) is 10.8 Å². The molecule has 1 heterocycles. The molecule has 2 rings (SSSR count). The molecule has 4 nitrogen and oxygen atoms in total. The van der Waals surface area contributed by atoms with Crippen LogP contribution in [0.5, 0.6) is 0 Å². The number of benzene rings is 1. The molecule has 0 aliphatic rings. The van der Waals surface area contributed by atoms with Gasteiger partial charge in [0.15, 0.2) is 0 Å². The Morgan fingerprint density at radius 1 is 1.32 bits per heavy atom. The van der Waals surface area contributed by atoms with Crippen LogP contribution in [-0.4, -0.2) is 10.9 Å². The third-order valence-corrected chi connectivity index (χ3v) is 3.82. The van der Waals surface area contributed by atoms with Gasteiger partial charge >= 0.3 is 0 Å². The van der Waals surface area contributed by atoms with Crippen molar-refractivity contribution < 1.29 is 4.79 Å². The molecule has 0 spiro atoms. The Morgan fingerprint density at radius 2 is 2.11 bits per heavy atom. The summed E-state index contributed by atoms with van der Waals surface area (Å²) in [5, 5.41) is 1.39. The number of primary amides is 1. The van der Waals surface area contributed by atoms with E-state index in [0.29, 0.717) is 22.0 Å². The number of thioether (sulfide) groups is 1. The summed E-state index contributed by atoms with van der Waals surface area (Å²) in [5.74, 6) is 0.177. The lowest BCUT2D eigenvalue weighted by molar-refractivity contribution is 0.100. The van der Waals surface area contributed by atoms with E-state index in [1.54, 1.807) is 42.2 Å². The van der Waals surface area contributed by atoms with Gasteiger partial charge in [-0.2, -0.15) is 0 Å². The summed E-state index contributed by atoms with van der Waals surface area (Å²) in [6.07, 6.45) is 1.61. The SMILES string of the molecule is NC(=O)c1ccc(CSc2ccc(N)cn2)c(Cl)c1. The van der Waals surface area contributed by atoms with Crippen LogP contribution in [0, 0.1) is 0 Å². The number of halogens is 1. The number of rotatable bonds is 4. The third kappa shape index (κ3) is 3.62. The van der Waals surface area contributed by atoms with E-state index in [1.165, 1.54) is 0 Å². The predicted octanol–water partition coefficient (Wildman–Crippen LogP) is 2.71. The molecule has 0 saturated carbocycles. The molecule has 2 aromatic rings. The zero-order valence-corrected chi connectivity index (χ0v) is 11.5. The topological polar surface area (TPSA) is 82.0 Å².